The maximum Gasteiger partial charge on any atom is 0.257 e. The van der Waals surface area contributed by atoms with Gasteiger partial charge in [-0.2, -0.15) is 0 Å². The van der Waals surface area contributed by atoms with E-state index in [4.69, 9.17) is 4.74 Å². The van der Waals surface area contributed by atoms with Crippen molar-refractivity contribution in [3.8, 4) is 0 Å². The number of amides is 1. The van der Waals surface area contributed by atoms with Gasteiger partial charge in [-0.15, -0.1) is 0 Å². The summed E-state index contributed by atoms with van der Waals surface area (Å²) in [6.45, 7) is 3.18. The number of benzene rings is 1. The van der Waals surface area contributed by atoms with E-state index in [1.807, 2.05) is 19.1 Å². The summed E-state index contributed by atoms with van der Waals surface area (Å²) in [5, 5.41) is 2.62. The van der Waals surface area contributed by atoms with Gasteiger partial charge in [-0.1, -0.05) is 12.1 Å². The fraction of sp³-hybridized carbons (Fsp3) is 0.480. The van der Waals surface area contributed by atoms with Gasteiger partial charge in [-0.25, -0.2) is 13.4 Å². The lowest BCUT2D eigenvalue weighted by atomic mass is 9.92. The van der Waals surface area contributed by atoms with Crippen LogP contribution in [0.5, 0.6) is 0 Å². The average Bonchev–Trinajstić information content (AvgIpc) is 3.72. The van der Waals surface area contributed by atoms with Crippen LogP contribution in [-0.2, 0) is 19.4 Å². The molecule has 2 heterocycles. The van der Waals surface area contributed by atoms with E-state index in [0.717, 1.165) is 55.3 Å². The van der Waals surface area contributed by atoms with Crippen molar-refractivity contribution >= 4 is 27.1 Å². The molecule has 1 amide bonds. The Kier molecular flexibility index (Phi) is 6.05. The fourth-order valence-electron chi connectivity index (χ4n) is 4.31. The molecule has 1 aromatic carbocycles. The molecule has 1 aromatic heterocycles. The number of aromatic nitrogens is 2. The molecule has 7 nitrogen and oxygen atoms in total. The third kappa shape index (κ3) is 5.01. The monoisotopic (exact) mass is 467 g/mol. The van der Waals surface area contributed by atoms with E-state index >= 15 is 0 Å². The predicted molar refractivity (Wildman–Crippen MR) is 126 cm³/mol. The van der Waals surface area contributed by atoms with Crippen molar-refractivity contribution in [3.05, 3.63) is 53.5 Å². The lowest BCUT2D eigenvalue weighted by Crippen LogP contribution is -2.19. The fourth-order valence-corrected chi connectivity index (χ4v) is 6.24. The quantitative estimate of drug-likeness (QED) is 0.617. The lowest BCUT2D eigenvalue weighted by molar-refractivity contribution is -0.111. The molecule has 1 N–H and O–H groups in total. The predicted octanol–water partition coefficient (Wildman–Crippen LogP) is 4.05. The molecule has 2 aromatic rings. The number of rotatable bonds is 7. The minimum atomic E-state index is -3.30. The summed E-state index contributed by atoms with van der Waals surface area (Å²) in [6, 6.07) is 5.43. The van der Waals surface area contributed by atoms with Crippen LogP contribution in [0.3, 0.4) is 0 Å². The normalized spacial score (nSPS) is 20.0. The van der Waals surface area contributed by atoms with Crippen LogP contribution in [0.2, 0.25) is 0 Å². The number of hydrogen-bond donors (Lipinski definition) is 1. The molecule has 0 radical (unpaired) electrons. The molecule has 33 heavy (non-hydrogen) atoms. The van der Waals surface area contributed by atoms with Gasteiger partial charge in [0, 0.05) is 18.8 Å². The Labute approximate surface area is 194 Å². The molecule has 0 unspecified atom stereocenters. The van der Waals surface area contributed by atoms with Gasteiger partial charge in [0.1, 0.15) is 0 Å². The number of nitrogens with zero attached hydrogens (tertiary/aromatic N) is 2. The molecule has 1 aliphatic heterocycles. The summed E-state index contributed by atoms with van der Waals surface area (Å²) in [5.41, 5.74) is 2.92. The van der Waals surface area contributed by atoms with Gasteiger partial charge in [-0.3, -0.25) is 9.78 Å². The second kappa shape index (κ2) is 8.99. The molecular weight excluding hydrogens is 438 g/mol. The van der Waals surface area contributed by atoms with Gasteiger partial charge in [0.2, 0.25) is 0 Å². The Hall–Kier alpha value is -2.58. The standard InChI is InChI=1S/C25H29N3O4S/c1-16-14-27-24(15-26-16)28-25(29)22(12-17-8-10-32-11-9-17)19-4-7-23(21(13-19)18-2-3-18)33(30,31)20-5-6-20/h4,7,12-15,17-18,20H,2-3,5-6,8-11H2,1H3,(H,27,28,29). The molecule has 2 saturated carbocycles. The van der Waals surface area contributed by atoms with E-state index < -0.39 is 9.84 Å². The van der Waals surface area contributed by atoms with Crippen molar-refractivity contribution in [1.29, 1.82) is 0 Å². The Balaban J connectivity index is 1.51. The zero-order valence-corrected chi connectivity index (χ0v) is 19.6. The first-order chi connectivity index (χ1) is 15.9. The Bertz CT molecular complexity index is 1180. The lowest BCUT2D eigenvalue weighted by Gasteiger charge is -2.21. The van der Waals surface area contributed by atoms with Crippen molar-refractivity contribution < 1.29 is 17.9 Å². The summed E-state index contributed by atoms with van der Waals surface area (Å²) >= 11 is 0. The summed E-state index contributed by atoms with van der Waals surface area (Å²) in [4.78, 5) is 22.3. The molecule has 174 valence electrons. The first kappa shape index (κ1) is 22.2. The SMILES string of the molecule is Cc1cnc(NC(=O)C(=CC2CCOCC2)c2ccc(S(=O)(=O)C3CC3)c(C3CC3)c2)cn1. The molecule has 0 spiro atoms. The summed E-state index contributed by atoms with van der Waals surface area (Å²) < 4.78 is 31.5. The largest absolute Gasteiger partial charge is 0.381 e. The summed E-state index contributed by atoms with van der Waals surface area (Å²) in [6.07, 6.45) is 10.3. The number of anilines is 1. The molecule has 2 aliphatic carbocycles. The molecule has 0 atom stereocenters. The molecule has 8 heteroatoms. The molecule has 1 saturated heterocycles. The van der Waals surface area contributed by atoms with Crippen molar-refractivity contribution in [2.24, 2.45) is 5.92 Å². The molecule has 3 aliphatic rings. The van der Waals surface area contributed by atoms with Crippen LogP contribution in [0.1, 0.15) is 61.3 Å². The van der Waals surface area contributed by atoms with Crippen LogP contribution in [0.4, 0.5) is 5.82 Å². The van der Waals surface area contributed by atoms with Crippen molar-refractivity contribution in [2.45, 2.75) is 61.5 Å². The van der Waals surface area contributed by atoms with Crippen LogP contribution < -0.4 is 5.32 Å². The number of carbonyl (C=O) groups excluding carboxylic acids is 1. The van der Waals surface area contributed by atoms with E-state index in [1.54, 1.807) is 24.5 Å². The Morgan fingerprint density at radius 3 is 2.45 bits per heavy atom. The molecule has 5 rings (SSSR count). The van der Waals surface area contributed by atoms with Crippen molar-refractivity contribution in [3.63, 3.8) is 0 Å². The number of ether oxygens (including phenoxy) is 1. The summed E-state index contributed by atoms with van der Waals surface area (Å²) in [5.74, 6) is 0.602. The zero-order valence-electron chi connectivity index (χ0n) is 18.8. The molecular formula is C25H29N3O4S. The molecule has 0 bridgehead atoms. The second-order valence-electron chi connectivity index (χ2n) is 9.30. The van der Waals surface area contributed by atoms with Crippen LogP contribution >= 0.6 is 0 Å². The Morgan fingerprint density at radius 2 is 1.82 bits per heavy atom. The highest BCUT2D eigenvalue weighted by Crippen LogP contribution is 2.46. The maximum atomic E-state index is 13.4. The minimum Gasteiger partial charge on any atom is -0.381 e. The smallest absolute Gasteiger partial charge is 0.257 e. The first-order valence-corrected chi connectivity index (χ1v) is 13.2. The van der Waals surface area contributed by atoms with Gasteiger partial charge in [0.25, 0.3) is 5.91 Å². The van der Waals surface area contributed by atoms with Gasteiger partial charge in [0.05, 0.1) is 28.2 Å². The highest BCUT2D eigenvalue weighted by molar-refractivity contribution is 7.92. The molecule has 3 fully saturated rings. The van der Waals surface area contributed by atoms with E-state index in [-0.39, 0.29) is 23.0 Å². The van der Waals surface area contributed by atoms with Crippen LogP contribution in [0.15, 0.2) is 41.6 Å². The minimum absolute atomic E-state index is 0.225. The first-order valence-electron chi connectivity index (χ1n) is 11.7. The van der Waals surface area contributed by atoms with Gasteiger partial charge in [0.15, 0.2) is 15.7 Å². The third-order valence-electron chi connectivity index (χ3n) is 6.54. The zero-order chi connectivity index (χ0) is 23.0. The number of nitrogens with one attached hydrogen (secondary N) is 1. The van der Waals surface area contributed by atoms with E-state index in [9.17, 15) is 13.2 Å². The van der Waals surface area contributed by atoms with Crippen LogP contribution in [0, 0.1) is 12.8 Å². The van der Waals surface area contributed by atoms with E-state index in [2.05, 4.69) is 15.3 Å². The number of aryl methyl sites for hydroxylation is 1. The number of sulfone groups is 1. The third-order valence-corrected chi connectivity index (χ3v) is 8.88. The topological polar surface area (TPSA) is 98.2 Å². The highest BCUT2D eigenvalue weighted by atomic mass is 32.2. The number of hydrogen-bond acceptors (Lipinski definition) is 6. The summed E-state index contributed by atoms with van der Waals surface area (Å²) in [7, 11) is -3.30. The van der Waals surface area contributed by atoms with Crippen molar-refractivity contribution in [2.75, 3.05) is 18.5 Å². The average molecular weight is 468 g/mol. The van der Waals surface area contributed by atoms with Gasteiger partial charge in [-0.05, 0) is 80.5 Å². The van der Waals surface area contributed by atoms with E-state index in [0.29, 0.717) is 29.5 Å². The highest BCUT2D eigenvalue weighted by Gasteiger charge is 2.40. The van der Waals surface area contributed by atoms with Gasteiger partial charge >= 0.3 is 0 Å². The van der Waals surface area contributed by atoms with Crippen molar-refractivity contribution in [1.82, 2.24) is 9.97 Å². The van der Waals surface area contributed by atoms with Crippen LogP contribution in [-0.4, -0.2) is 42.8 Å². The van der Waals surface area contributed by atoms with Gasteiger partial charge < -0.3 is 10.1 Å². The van der Waals surface area contributed by atoms with Crippen LogP contribution in [0.25, 0.3) is 5.57 Å². The second-order valence-corrected chi connectivity index (χ2v) is 11.5. The van der Waals surface area contributed by atoms with E-state index in [1.165, 1.54) is 0 Å². The maximum absolute atomic E-state index is 13.4. The number of carbonyl (C=O) groups is 1. The number of allylic oxidation sites excluding steroid dienone is 1. The Morgan fingerprint density at radius 1 is 1.06 bits per heavy atom.